The summed E-state index contributed by atoms with van der Waals surface area (Å²) in [6.45, 7) is 3.99. The number of hydrogen-bond acceptors (Lipinski definition) is 5. The minimum absolute atomic E-state index is 0. The number of benzene rings is 1. The number of nitrogens with two attached hydrogens (primary N) is 1. The molecule has 0 saturated carbocycles. The quantitative estimate of drug-likeness (QED) is 0.800. The van der Waals surface area contributed by atoms with Crippen molar-refractivity contribution in [1.82, 2.24) is 15.2 Å². The molecule has 0 aliphatic heterocycles. The Bertz CT molecular complexity index is 605. The first-order chi connectivity index (χ1) is 10.6. The Morgan fingerprint density at radius 2 is 2.09 bits per heavy atom. The van der Waals surface area contributed by atoms with Crippen LogP contribution in [0.4, 0.5) is 0 Å². The van der Waals surface area contributed by atoms with E-state index in [9.17, 15) is 4.79 Å². The Balaban J connectivity index is 0.00000264. The van der Waals surface area contributed by atoms with Gasteiger partial charge in [0.15, 0.2) is 0 Å². The number of hydrogen-bond donors (Lipinski definition) is 2. The molecular weight excluding hydrogens is 332 g/mol. The van der Waals surface area contributed by atoms with Crippen LogP contribution in [0, 0.1) is 0 Å². The predicted octanol–water partition coefficient (Wildman–Crippen LogP) is 2.27. The van der Waals surface area contributed by atoms with Crippen LogP contribution in [0.5, 0.6) is 0 Å². The van der Waals surface area contributed by atoms with Gasteiger partial charge in [0.05, 0.1) is 0 Å². The monoisotopic (exact) mass is 354 g/mol. The number of likely N-dealkylation sites (N-methyl/N-ethyl adjacent to an activating group) is 1. The van der Waals surface area contributed by atoms with Gasteiger partial charge in [-0.3, -0.25) is 4.79 Å². The van der Waals surface area contributed by atoms with Crippen LogP contribution in [0.2, 0.25) is 0 Å². The largest absolute Gasteiger partial charge is 0.347 e. The molecule has 5 nitrogen and oxygen atoms in total. The second-order valence-corrected chi connectivity index (χ2v) is 6.33. The highest BCUT2D eigenvalue weighted by Crippen LogP contribution is 2.09. The van der Waals surface area contributed by atoms with E-state index in [4.69, 9.17) is 5.73 Å². The minimum Gasteiger partial charge on any atom is -0.347 e. The molecule has 3 N–H and O–H groups in total. The van der Waals surface area contributed by atoms with Crippen LogP contribution in [-0.4, -0.2) is 35.4 Å². The van der Waals surface area contributed by atoms with Crippen molar-refractivity contribution >= 4 is 29.7 Å². The summed E-state index contributed by atoms with van der Waals surface area (Å²) < 4.78 is 0. The van der Waals surface area contributed by atoms with E-state index in [0.29, 0.717) is 12.2 Å². The maximum absolute atomic E-state index is 12.1. The molecule has 1 atom stereocenters. The van der Waals surface area contributed by atoms with Crippen LogP contribution in [0.1, 0.15) is 28.0 Å². The maximum Gasteiger partial charge on any atom is 0.271 e. The molecule has 1 aromatic heterocycles. The molecule has 126 valence electrons. The second-order valence-electron chi connectivity index (χ2n) is 5.39. The Morgan fingerprint density at radius 3 is 2.70 bits per heavy atom. The lowest BCUT2D eigenvalue weighted by atomic mass is 10.2. The molecule has 1 heterocycles. The highest BCUT2D eigenvalue weighted by atomic mass is 35.5. The van der Waals surface area contributed by atoms with Crippen molar-refractivity contribution in [2.45, 2.75) is 26.1 Å². The van der Waals surface area contributed by atoms with Gasteiger partial charge in [-0.1, -0.05) is 30.3 Å². The van der Waals surface area contributed by atoms with Crippen LogP contribution in [0.25, 0.3) is 0 Å². The zero-order valence-electron chi connectivity index (χ0n) is 13.4. The molecule has 0 fully saturated rings. The van der Waals surface area contributed by atoms with E-state index >= 15 is 0 Å². The van der Waals surface area contributed by atoms with Gasteiger partial charge in [-0.2, -0.15) is 0 Å². The third kappa shape index (κ3) is 6.27. The fraction of sp³-hybridized carbons (Fsp3) is 0.375. The normalized spacial score (nSPS) is 11.8. The Kier molecular flexibility index (Phi) is 8.19. The van der Waals surface area contributed by atoms with E-state index in [1.54, 1.807) is 5.38 Å². The molecule has 7 heteroatoms. The van der Waals surface area contributed by atoms with Crippen LogP contribution in [0.15, 0.2) is 35.7 Å². The van der Waals surface area contributed by atoms with Gasteiger partial charge in [-0.25, -0.2) is 4.98 Å². The molecule has 1 amide bonds. The van der Waals surface area contributed by atoms with Crippen LogP contribution < -0.4 is 11.1 Å². The topological polar surface area (TPSA) is 71.2 Å². The summed E-state index contributed by atoms with van der Waals surface area (Å²) in [6, 6.07) is 10.3. The number of amides is 1. The summed E-state index contributed by atoms with van der Waals surface area (Å²) in [5.74, 6) is -0.142. The van der Waals surface area contributed by atoms with Gasteiger partial charge in [-0.15, -0.1) is 23.7 Å². The van der Waals surface area contributed by atoms with Crippen molar-refractivity contribution in [2.24, 2.45) is 5.73 Å². The first kappa shape index (κ1) is 19.6. The molecule has 2 rings (SSSR count). The second kappa shape index (κ2) is 9.62. The van der Waals surface area contributed by atoms with E-state index in [1.807, 2.05) is 32.2 Å². The Morgan fingerprint density at radius 1 is 1.39 bits per heavy atom. The Labute approximate surface area is 147 Å². The number of halogens is 1. The van der Waals surface area contributed by atoms with Crippen molar-refractivity contribution in [1.29, 1.82) is 0 Å². The fourth-order valence-corrected chi connectivity index (χ4v) is 2.93. The van der Waals surface area contributed by atoms with Crippen LogP contribution in [-0.2, 0) is 13.1 Å². The highest BCUT2D eigenvalue weighted by molar-refractivity contribution is 7.09. The van der Waals surface area contributed by atoms with E-state index in [1.165, 1.54) is 16.9 Å². The summed E-state index contributed by atoms with van der Waals surface area (Å²) in [6.07, 6.45) is 0. The summed E-state index contributed by atoms with van der Waals surface area (Å²) in [5.41, 5.74) is 7.22. The third-order valence-corrected chi connectivity index (χ3v) is 4.09. The average Bonchev–Trinajstić information content (AvgIpc) is 2.97. The molecule has 0 spiro atoms. The first-order valence-corrected chi connectivity index (χ1v) is 8.14. The fourth-order valence-electron chi connectivity index (χ4n) is 2.28. The van der Waals surface area contributed by atoms with Crippen LogP contribution >= 0.6 is 23.7 Å². The molecule has 0 saturated heterocycles. The predicted molar refractivity (Wildman–Crippen MR) is 97.0 cm³/mol. The molecule has 1 aromatic carbocycles. The molecule has 0 bridgehead atoms. The van der Waals surface area contributed by atoms with E-state index in [2.05, 4.69) is 27.3 Å². The number of carbonyl (C=O) groups excluding carboxylic acids is 1. The molecule has 0 aliphatic rings. The van der Waals surface area contributed by atoms with E-state index in [-0.39, 0.29) is 24.4 Å². The van der Waals surface area contributed by atoms with E-state index in [0.717, 1.165) is 18.1 Å². The number of nitrogens with zero attached hydrogens (tertiary/aromatic N) is 2. The van der Waals surface area contributed by atoms with Gasteiger partial charge in [0, 0.05) is 31.1 Å². The summed E-state index contributed by atoms with van der Waals surface area (Å²) in [5, 5.41) is 5.50. The smallest absolute Gasteiger partial charge is 0.271 e. The summed E-state index contributed by atoms with van der Waals surface area (Å²) >= 11 is 1.41. The zero-order chi connectivity index (χ0) is 15.9. The number of rotatable bonds is 7. The van der Waals surface area contributed by atoms with Crippen molar-refractivity contribution in [3.05, 3.63) is 52.0 Å². The molecular formula is C16H23ClN4OS. The lowest BCUT2D eigenvalue weighted by molar-refractivity contribution is 0.0927. The molecule has 2 aromatic rings. The van der Waals surface area contributed by atoms with Gasteiger partial charge < -0.3 is 16.0 Å². The molecule has 0 aliphatic carbocycles. The minimum atomic E-state index is -0.142. The Hall–Kier alpha value is -1.47. The average molecular weight is 355 g/mol. The lowest BCUT2D eigenvalue weighted by Gasteiger charge is -2.22. The number of nitrogens with one attached hydrogen (secondary N) is 1. The zero-order valence-corrected chi connectivity index (χ0v) is 15.0. The van der Waals surface area contributed by atoms with Crippen LogP contribution in [0.3, 0.4) is 0 Å². The number of carbonyl (C=O) groups is 1. The van der Waals surface area contributed by atoms with Crippen molar-refractivity contribution in [3.8, 4) is 0 Å². The molecule has 1 unspecified atom stereocenters. The van der Waals surface area contributed by atoms with Gasteiger partial charge in [0.25, 0.3) is 5.91 Å². The number of aromatic nitrogens is 1. The molecule has 0 radical (unpaired) electrons. The SMILES string of the molecule is CC(CN(C)Cc1ccccc1)NC(=O)c1csc(CN)n1.Cl. The van der Waals surface area contributed by atoms with Gasteiger partial charge in [-0.05, 0) is 19.5 Å². The van der Waals surface area contributed by atoms with Gasteiger partial charge >= 0.3 is 0 Å². The third-order valence-electron chi connectivity index (χ3n) is 3.22. The van der Waals surface area contributed by atoms with Gasteiger partial charge in [0.1, 0.15) is 10.7 Å². The molecule has 23 heavy (non-hydrogen) atoms. The standard InChI is InChI=1S/C16H22N4OS.ClH/c1-12(9-20(2)10-13-6-4-3-5-7-13)18-16(21)14-11-22-15(8-17)19-14;/h3-7,11-12H,8-10,17H2,1-2H3,(H,18,21);1H. The van der Waals surface area contributed by atoms with Crippen molar-refractivity contribution < 1.29 is 4.79 Å². The highest BCUT2D eigenvalue weighted by Gasteiger charge is 2.14. The summed E-state index contributed by atoms with van der Waals surface area (Å²) in [7, 11) is 2.05. The lowest BCUT2D eigenvalue weighted by Crippen LogP contribution is -2.40. The maximum atomic E-state index is 12.1. The van der Waals surface area contributed by atoms with Crippen molar-refractivity contribution in [2.75, 3.05) is 13.6 Å². The number of thiazole rings is 1. The van der Waals surface area contributed by atoms with E-state index < -0.39 is 0 Å². The summed E-state index contributed by atoms with van der Waals surface area (Å²) in [4.78, 5) is 18.5. The van der Waals surface area contributed by atoms with Crippen molar-refractivity contribution in [3.63, 3.8) is 0 Å². The van der Waals surface area contributed by atoms with Gasteiger partial charge in [0.2, 0.25) is 0 Å². The first-order valence-electron chi connectivity index (χ1n) is 7.26.